The summed E-state index contributed by atoms with van der Waals surface area (Å²) < 4.78 is 1.52. The minimum atomic E-state index is -0.498. The number of hydrogen-bond acceptors (Lipinski definition) is 4. The van der Waals surface area contributed by atoms with Gasteiger partial charge in [0.2, 0.25) is 0 Å². The van der Waals surface area contributed by atoms with E-state index in [0.29, 0.717) is 11.7 Å². The van der Waals surface area contributed by atoms with E-state index in [2.05, 4.69) is 10.1 Å². The monoisotopic (exact) mass is 264 g/mol. The second kappa shape index (κ2) is 4.06. The zero-order valence-corrected chi connectivity index (χ0v) is 10.0. The Kier molecular flexibility index (Phi) is 2.52. The molecule has 1 aliphatic carbocycles. The molecule has 3 rings (SSSR count). The predicted octanol–water partition coefficient (Wildman–Crippen LogP) is 2.71. The Hall–Kier alpha value is -1.95. The lowest BCUT2D eigenvalue weighted by Gasteiger charge is -2.01. The standard InChI is InChI=1S/C11H9ClN4O2/c12-10-5-8(16(17)18)6-11(13-10)15-4-3-9(14-15)7-1-2-7/h3-7H,1-2H2. The van der Waals surface area contributed by atoms with Crippen molar-refractivity contribution in [3.05, 3.63) is 45.4 Å². The Bertz CT molecular complexity index is 621. The molecule has 18 heavy (non-hydrogen) atoms. The maximum absolute atomic E-state index is 10.7. The largest absolute Gasteiger partial charge is 0.276 e. The van der Waals surface area contributed by atoms with Crippen LogP contribution in [-0.4, -0.2) is 19.7 Å². The van der Waals surface area contributed by atoms with Gasteiger partial charge in [0.25, 0.3) is 5.69 Å². The average Bonchev–Trinajstić information content (AvgIpc) is 3.06. The lowest BCUT2D eigenvalue weighted by atomic mass is 10.3. The Balaban J connectivity index is 2.01. The van der Waals surface area contributed by atoms with Crippen molar-refractivity contribution in [2.45, 2.75) is 18.8 Å². The van der Waals surface area contributed by atoms with Crippen molar-refractivity contribution >= 4 is 17.3 Å². The zero-order chi connectivity index (χ0) is 12.7. The van der Waals surface area contributed by atoms with Crippen LogP contribution >= 0.6 is 11.6 Å². The molecule has 92 valence electrons. The second-order valence-electron chi connectivity index (χ2n) is 4.22. The normalized spacial score (nSPS) is 14.7. The van der Waals surface area contributed by atoms with Crippen LogP contribution in [0.15, 0.2) is 24.4 Å². The average molecular weight is 265 g/mol. The van der Waals surface area contributed by atoms with E-state index in [9.17, 15) is 10.1 Å². The van der Waals surface area contributed by atoms with Gasteiger partial charge in [-0.25, -0.2) is 9.67 Å². The molecule has 1 fully saturated rings. The SMILES string of the molecule is O=[N+]([O-])c1cc(Cl)nc(-n2ccc(C3CC3)n2)c1. The predicted molar refractivity (Wildman–Crippen MR) is 65.0 cm³/mol. The second-order valence-corrected chi connectivity index (χ2v) is 4.61. The molecule has 0 radical (unpaired) electrons. The summed E-state index contributed by atoms with van der Waals surface area (Å²) in [4.78, 5) is 14.3. The summed E-state index contributed by atoms with van der Waals surface area (Å²) >= 11 is 5.77. The summed E-state index contributed by atoms with van der Waals surface area (Å²) in [6.45, 7) is 0. The molecule has 1 aliphatic rings. The smallest absolute Gasteiger partial charge is 0.258 e. The Morgan fingerprint density at radius 3 is 2.89 bits per heavy atom. The highest BCUT2D eigenvalue weighted by Crippen LogP contribution is 2.39. The van der Waals surface area contributed by atoms with Gasteiger partial charge in [-0.1, -0.05) is 11.6 Å². The van der Waals surface area contributed by atoms with Crippen molar-refractivity contribution in [1.29, 1.82) is 0 Å². The fourth-order valence-electron chi connectivity index (χ4n) is 1.76. The van der Waals surface area contributed by atoms with Gasteiger partial charge in [-0.3, -0.25) is 10.1 Å². The van der Waals surface area contributed by atoms with Crippen LogP contribution in [0, 0.1) is 10.1 Å². The Labute approximate surface area is 107 Å². The van der Waals surface area contributed by atoms with Gasteiger partial charge < -0.3 is 0 Å². The summed E-state index contributed by atoms with van der Waals surface area (Å²) in [5.74, 6) is 0.890. The van der Waals surface area contributed by atoms with E-state index in [4.69, 9.17) is 11.6 Å². The Morgan fingerprint density at radius 1 is 1.44 bits per heavy atom. The lowest BCUT2D eigenvalue weighted by molar-refractivity contribution is -0.384. The van der Waals surface area contributed by atoms with E-state index in [0.717, 1.165) is 18.5 Å². The highest BCUT2D eigenvalue weighted by atomic mass is 35.5. The summed E-state index contributed by atoms with van der Waals surface area (Å²) in [7, 11) is 0. The van der Waals surface area contributed by atoms with Gasteiger partial charge in [-0.2, -0.15) is 5.10 Å². The zero-order valence-electron chi connectivity index (χ0n) is 9.28. The van der Waals surface area contributed by atoms with Crippen LogP contribution in [0.25, 0.3) is 5.82 Å². The number of nitrogens with zero attached hydrogens (tertiary/aromatic N) is 4. The fourth-order valence-corrected chi connectivity index (χ4v) is 1.95. The van der Waals surface area contributed by atoms with Crippen molar-refractivity contribution < 1.29 is 4.92 Å². The molecule has 0 aliphatic heterocycles. The maximum Gasteiger partial charge on any atom is 0.276 e. The quantitative estimate of drug-likeness (QED) is 0.485. The minimum absolute atomic E-state index is 0.0858. The van der Waals surface area contributed by atoms with Gasteiger partial charge in [0.1, 0.15) is 5.15 Å². The van der Waals surface area contributed by atoms with Crippen molar-refractivity contribution in [3.8, 4) is 5.82 Å². The molecule has 0 bridgehead atoms. The molecule has 0 unspecified atom stereocenters. The summed E-state index contributed by atoms with van der Waals surface area (Å²) in [6, 6.07) is 4.48. The number of hydrogen-bond donors (Lipinski definition) is 0. The molecule has 2 aromatic heterocycles. The first-order chi connectivity index (χ1) is 8.63. The molecule has 0 aromatic carbocycles. The summed E-state index contributed by atoms with van der Waals surface area (Å²) in [6.07, 6.45) is 4.05. The molecule has 0 amide bonds. The molecule has 2 heterocycles. The molecule has 0 saturated heterocycles. The van der Waals surface area contributed by atoms with Crippen LogP contribution in [0.1, 0.15) is 24.5 Å². The molecule has 2 aromatic rings. The number of nitro groups is 1. The fraction of sp³-hybridized carbons (Fsp3) is 0.273. The van der Waals surface area contributed by atoms with Crippen LogP contribution < -0.4 is 0 Å². The molecular formula is C11H9ClN4O2. The molecular weight excluding hydrogens is 256 g/mol. The highest BCUT2D eigenvalue weighted by molar-refractivity contribution is 6.29. The number of rotatable bonds is 3. The number of pyridine rings is 1. The van der Waals surface area contributed by atoms with E-state index < -0.39 is 4.92 Å². The molecule has 7 heteroatoms. The molecule has 6 nitrogen and oxygen atoms in total. The molecule has 0 N–H and O–H groups in total. The summed E-state index contributed by atoms with van der Waals surface area (Å²) in [5.41, 5.74) is 0.910. The van der Waals surface area contributed by atoms with Crippen LogP contribution in [0.4, 0.5) is 5.69 Å². The van der Waals surface area contributed by atoms with E-state index in [1.54, 1.807) is 6.20 Å². The highest BCUT2D eigenvalue weighted by Gasteiger charge is 2.26. The van der Waals surface area contributed by atoms with Crippen LogP contribution in [0.2, 0.25) is 5.15 Å². The van der Waals surface area contributed by atoms with Gasteiger partial charge in [0.05, 0.1) is 22.7 Å². The van der Waals surface area contributed by atoms with Gasteiger partial charge >= 0.3 is 0 Å². The first-order valence-corrected chi connectivity index (χ1v) is 5.89. The topological polar surface area (TPSA) is 73.8 Å². The van der Waals surface area contributed by atoms with E-state index in [1.165, 1.54) is 16.8 Å². The van der Waals surface area contributed by atoms with Crippen LogP contribution in [0.5, 0.6) is 0 Å². The maximum atomic E-state index is 10.7. The van der Waals surface area contributed by atoms with Crippen LogP contribution in [-0.2, 0) is 0 Å². The number of aromatic nitrogens is 3. The Morgan fingerprint density at radius 2 is 2.22 bits per heavy atom. The van der Waals surface area contributed by atoms with Gasteiger partial charge in [-0.15, -0.1) is 0 Å². The third kappa shape index (κ3) is 2.06. The van der Waals surface area contributed by atoms with Crippen molar-refractivity contribution in [2.75, 3.05) is 0 Å². The minimum Gasteiger partial charge on any atom is -0.258 e. The van der Waals surface area contributed by atoms with Gasteiger partial charge in [0, 0.05) is 12.1 Å². The molecule has 0 atom stereocenters. The third-order valence-corrected chi connectivity index (χ3v) is 3.01. The van der Waals surface area contributed by atoms with E-state index >= 15 is 0 Å². The molecule has 0 spiro atoms. The number of halogens is 1. The first kappa shape index (κ1) is 11.2. The summed E-state index contributed by atoms with van der Waals surface area (Å²) in [5, 5.41) is 15.2. The third-order valence-electron chi connectivity index (χ3n) is 2.82. The van der Waals surface area contributed by atoms with Gasteiger partial charge in [0.15, 0.2) is 5.82 Å². The lowest BCUT2D eigenvalue weighted by Crippen LogP contribution is -2.01. The van der Waals surface area contributed by atoms with E-state index in [-0.39, 0.29) is 10.8 Å². The van der Waals surface area contributed by atoms with Crippen LogP contribution in [0.3, 0.4) is 0 Å². The van der Waals surface area contributed by atoms with Crippen molar-refractivity contribution in [3.63, 3.8) is 0 Å². The molecule has 1 saturated carbocycles. The first-order valence-electron chi connectivity index (χ1n) is 5.51. The van der Waals surface area contributed by atoms with Crippen molar-refractivity contribution in [2.24, 2.45) is 0 Å². The van der Waals surface area contributed by atoms with E-state index in [1.807, 2.05) is 6.07 Å². The van der Waals surface area contributed by atoms with Crippen molar-refractivity contribution in [1.82, 2.24) is 14.8 Å². The van der Waals surface area contributed by atoms with Gasteiger partial charge in [-0.05, 0) is 18.9 Å².